The summed E-state index contributed by atoms with van der Waals surface area (Å²) >= 11 is 0. The maximum Gasteiger partial charge on any atom is 0.400 e. The summed E-state index contributed by atoms with van der Waals surface area (Å²) in [6.45, 7) is 1.04. The number of rotatable bonds is 6. The van der Waals surface area contributed by atoms with Gasteiger partial charge in [-0.3, -0.25) is 4.79 Å². The van der Waals surface area contributed by atoms with Gasteiger partial charge in [0.15, 0.2) is 5.84 Å². The minimum absolute atomic E-state index is 0.0606. The van der Waals surface area contributed by atoms with E-state index in [0.29, 0.717) is 13.1 Å². The number of halogens is 3. The highest BCUT2D eigenvalue weighted by molar-refractivity contribution is 5.83. The number of nitrogens with zero attached hydrogens (tertiary/aromatic N) is 2. The Morgan fingerprint density at radius 3 is 2.48 bits per heavy atom. The van der Waals surface area contributed by atoms with Crippen molar-refractivity contribution in [3.63, 3.8) is 0 Å². The number of hydrogen-bond acceptors (Lipinski definition) is 4. The first-order valence-electron chi connectivity index (χ1n) is 6.89. The van der Waals surface area contributed by atoms with Crippen LogP contribution in [0.1, 0.15) is 25.7 Å². The lowest BCUT2D eigenvalue weighted by Crippen LogP contribution is -2.43. The molecule has 122 valence electrons. The van der Waals surface area contributed by atoms with Gasteiger partial charge in [0.05, 0.1) is 0 Å². The second kappa shape index (κ2) is 8.06. The minimum Gasteiger partial charge on any atom is -0.409 e. The molecular formula is C12H21F3N4O2. The number of nitrogens with one attached hydrogen (secondary N) is 1. The zero-order chi connectivity index (χ0) is 15.9. The van der Waals surface area contributed by atoms with E-state index in [4.69, 9.17) is 10.9 Å². The second-order valence-corrected chi connectivity index (χ2v) is 5.01. The largest absolute Gasteiger partial charge is 0.409 e. The fourth-order valence-corrected chi connectivity index (χ4v) is 2.20. The van der Waals surface area contributed by atoms with Crippen molar-refractivity contribution in [3.05, 3.63) is 0 Å². The molecule has 6 nitrogen and oxygen atoms in total. The number of piperidine rings is 1. The molecule has 21 heavy (non-hydrogen) atoms. The molecule has 0 aromatic carbocycles. The van der Waals surface area contributed by atoms with E-state index in [1.807, 2.05) is 0 Å². The van der Waals surface area contributed by atoms with Crippen LogP contribution < -0.4 is 11.1 Å². The van der Waals surface area contributed by atoms with Crippen LogP contribution in [0.5, 0.6) is 0 Å². The number of nitrogens with two attached hydrogens (primary N) is 1. The van der Waals surface area contributed by atoms with Crippen molar-refractivity contribution in [2.75, 3.05) is 26.2 Å². The monoisotopic (exact) mass is 310 g/mol. The van der Waals surface area contributed by atoms with E-state index in [1.54, 1.807) is 4.90 Å². The predicted octanol–water partition coefficient (Wildman–Crippen LogP) is 0.903. The Hall–Kier alpha value is -1.51. The summed E-state index contributed by atoms with van der Waals surface area (Å²) in [4.78, 5) is 13.5. The molecule has 1 aliphatic rings. The number of carbonyl (C=O) groups is 1. The summed E-state index contributed by atoms with van der Waals surface area (Å²) in [5.41, 5.74) is 5.03. The zero-order valence-corrected chi connectivity index (χ0v) is 11.7. The first-order valence-corrected chi connectivity index (χ1v) is 6.89. The van der Waals surface area contributed by atoms with Gasteiger partial charge in [-0.1, -0.05) is 5.16 Å². The standard InChI is InChI=1S/C12H21F3N4O2/c13-12(14,15)9(11(16)18-21)8-17-5-4-10(20)19-6-2-1-3-7-19/h9,17,21H,1-8H2,(H2,16,18). The number of likely N-dealkylation sites (tertiary alicyclic amines) is 1. The lowest BCUT2D eigenvalue weighted by molar-refractivity contribution is -0.154. The minimum atomic E-state index is -4.60. The van der Waals surface area contributed by atoms with Gasteiger partial charge < -0.3 is 21.2 Å². The summed E-state index contributed by atoms with van der Waals surface area (Å²) in [7, 11) is 0. The first kappa shape index (κ1) is 17.5. The van der Waals surface area contributed by atoms with Crippen LogP contribution >= 0.6 is 0 Å². The first-order chi connectivity index (χ1) is 9.86. The molecule has 1 fully saturated rings. The quantitative estimate of drug-likeness (QED) is 0.223. The van der Waals surface area contributed by atoms with Gasteiger partial charge in [-0.05, 0) is 19.3 Å². The predicted molar refractivity (Wildman–Crippen MR) is 70.9 cm³/mol. The third-order valence-corrected chi connectivity index (χ3v) is 3.44. The normalized spacial score (nSPS) is 18.6. The molecule has 1 saturated heterocycles. The fraction of sp³-hybridized carbons (Fsp3) is 0.833. The number of amides is 1. The molecule has 1 amide bonds. The van der Waals surface area contributed by atoms with E-state index in [-0.39, 0.29) is 18.9 Å². The molecule has 0 bridgehead atoms. The Labute approximate surface area is 121 Å². The maximum atomic E-state index is 12.6. The fourth-order valence-electron chi connectivity index (χ4n) is 2.20. The summed E-state index contributed by atoms with van der Waals surface area (Å²) < 4.78 is 37.9. The third kappa shape index (κ3) is 5.78. The topological polar surface area (TPSA) is 91.0 Å². The van der Waals surface area contributed by atoms with Crippen LogP contribution in [-0.4, -0.2) is 54.2 Å². The van der Waals surface area contributed by atoms with E-state index < -0.39 is 24.5 Å². The average molecular weight is 310 g/mol. The molecular weight excluding hydrogens is 289 g/mol. The zero-order valence-electron chi connectivity index (χ0n) is 11.7. The molecule has 1 atom stereocenters. The van der Waals surface area contributed by atoms with Crippen molar-refractivity contribution in [1.29, 1.82) is 0 Å². The highest BCUT2D eigenvalue weighted by atomic mass is 19.4. The number of hydrogen-bond donors (Lipinski definition) is 3. The molecule has 0 aromatic rings. The number of alkyl halides is 3. The van der Waals surface area contributed by atoms with Crippen molar-refractivity contribution in [2.45, 2.75) is 31.9 Å². The van der Waals surface area contributed by atoms with Crippen LogP contribution in [0.2, 0.25) is 0 Å². The molecule has 1 unspecified atom stereocenters. The summed E-state index contributed by atoms with van der Waals surface area (Å²) in [6.07, 6.45) is -1.41. The van der Waals surface area contributed by atoms with Gasteiger partial charge in [0, 0.05) is 32.6 Å². The molecule has 0 saturated carbocycles. The Bertz CT molecular complexity index is 368. The SMILES string of the molecule is NC(=NO)C(CNCCC(=O)N1CCCCC1)C(F)(F)F. The molecule has 0 radical (unpaired) electrons. The Balaban J connectivity index is 2.32. The van der Waals surface area contributed by atoms with Gasteiger partial charge in [-0.15, -0.1) is 0 Å². The van der Waals surface area contributed by atoms with Gasteiger partial charge in [0.2, 0.25) is 5.91 Å². The summed E-state index contributed by atoms with van der Waals surface area (Å²) in [5, 5.41) is 13.3. The molecule has 1 heterocycles. The van der Waals surface area contributed by atoms with Gasteiger partial charge in [0.25, 0.3) is 0 Å². The number of oxime groups is 1. The van der Waals surface area contributed by atoms with E-state index in [1.165, 1.54) is 0 Å². The smallest absolute Gasteiger partial charge is 0.400 e. The van der Waals surface area contributed by atoms with Crippen LogP contribution in [0.4, 0.5) is 13.2 Å². The van der Waals surface area contributed by atoms with Gasteiger partial charge in [0.1, 0.15) is 5.92 Å². The van der Waals surface area contributed by atoms with Crippen molar-refractivity contribution in [3.8, 4) is 0 Å². The van der Waals surface area contributed by atoms with Crippen LogP contribution in [0.3, 0.4) is 0 Å². The summed E-state index contributed by atoms with van der Waals surface area (Å²) in [6, 6.07) is 0. The van der Waals surface area contributed by atoms with E-state index >= 15 is 0 Å². The van der Waals surface area contributed by atoms with Crippen molar-refractivity contribution in [2.24, 2.45) is 16.8 Å². The van der Waals surface area contributed by atoms with Crippen molar-refractivity contribution in [1.82, 2.24) is 10.2 Å². The molecule has 0 aromatic heterocycles. The lowest BCUT2D eigenvalue weighted by Gasteiger charge is -2.27. The molecule has 4 N–H and O–H groups in total. The van der Waals surface area contributed by atoms with Gasteiger partial charge in [-0.25, -0.2) is 0 Å². The Kier molecular flexibility index (Phi) is 6.73. The van der Waals surface area contributed by atoms with Crippen LogP contribution in [-0.2, 0) is 4.79 Å². The van der Waals surface area contributed by atoms with Crippen molar-refractivity contribution < 1.29 is 23.2 Å². The lowest BCUT2D eigenvalue weighted by atomic mass is 10.1. The van der Waals surface area contributed by atoms with Crippen LogP contribution in [0, 0.1) is 5.92 Å². The second-order valence-electron chi connectivity index (χ2n) is 5.01. The highest BCUT2D eigenvalue weighted by Crippen LogP contribution is 2.25. The number of amidine groups is 1. The van der Waals surface area contributed by atoms with Crippen LogP contribution in [0.15, 0.2) is 5.16 Å². The molecule has 1 rings (SSSR count). The maximum absolute atomic E-state index is 12.6. The van der Waals surface area contributed by atoms with E-state index in [9.17, 15) is 18.0 Å². The van der Waals surface area contributed by atoms with Gasteiger partial charge in [-0.2, -0.15) is 13.2 Å². The molecule has 1 aliphatic heterocycles. The van der Waals surface area contributed by atoms with Gasteiger partial charge >= 0.3 is 6.18 Å². The van der Waals surface area contributed by atoms with E-state index in [0.717, 1.165) is 19.3 Å². The summed E-state index contributed by atoms with van der Waals surface area (Å²) in [5.74, 6) is -3.01. The molecule has 9 heteroatoms. The Morgan fingerprint density at radius 2 is 1.95 bits per heavy atom. The average Bonchev–Trinajstić information content (AvgIpc) is 2.45. The van der Waals surface area contributed by atoms with Crippen LogP contribution in [0.25, 0.3) is 0 Å². The highest BCUT2D eigenvalue weighted by Gasteiger charge is 2.42. The Morgan fingerprint density at radius 1 is 1.33 bits per heavy atom. The number of carbonyl (C=O) groups excluding carboxylic acids is 1. The third-order valence-electron chi connectivity index (χ3n) is 3.44. The van der Waals surface area contributed by atoms with Crippen molar-refractivity contribution >= 4 is 11.7 Å². The molecule has 0 aliphatic carbocycles. The molecule has 0 spiro atoms. The van der Waals surface area contributed by atoms with E-state index in [2.05, 4.69) is 10.5 Å².